The van der Waals surface area contributed by atoms with Crippen LogP contribution in [-0.2, 0) is 4.79 Å². The summed E-state index contributed by atoms with van der Waals surface area (Å²) >= 11 is 0. The summed E-state index contributed by atoms with van der Waals surface area (Å²) in [6.45, 7) is 1.92. The fourth-order valence-electron chi connectivity index (χ4n) is 4.07. The van der Waals surface area contributed by atoms with E-state index in [1.54, 1.807) is 0 Å². The Hall–Kier alpha value is -1.68. The van der Waals surface area contributed by atoms with E-state index in [9.17, 15) is 4.79 Å². The van der Waals surface area contributed by atoms with Gasteiger partial charge in [-0.2, -0.15) is 0 Å². The number of aromatic nitrogens is 1. The fraction of sp³-hybridized carbons (Fsp3) is 0.579. The number of hydrogen-bond acceptors (Lipinski definition) is 3. The summed E-state index contributed by atoms with van der Waals surface area (Å²) in [5.74, 6) is 0.979. The highest BCUT2D eigenvalue weighted by Gasteiger charge is 2.35. The molecule has 1 aliphatic heterocycles. The summed E-state index contributed by atoms with van der Waals surface area (Å²) in [4.78, 5) is 21.3. The highest BCUT2D eigenvalue weighted by atomic mass is 16.2. The van der Waals surface area contributed by atoms with E-state index in [0.29, 0.717) is 17.9 Å². The lowest BCUT2D eigenvalue weighted by molar-refractivity contribution is -0.135. The van der Waals surface area contributed by atoms with E-state index in [2.05, 4.69) is 35.1 Å². The van der Waals surface area contributed by atoms with Crippen molar-refractivity contribution in [1.82, 2.24) is 14.8 Å². The van der Waals surface area contributed by atoms with Gasteiger partial charge >= 0.3 is 0 Å². The molecule has 1 aromatic rings. The largest absolute Gasteiger partial charge is 0.345 e. The van der Waals surface area contributed by atoms with E-state index >= 15 is 0 Å². The molecule has 3 atom stereocenters. The molecule has 2 heterocycles. The lowest BCUT2D eigenvalue weighted by atomic mass is 9.91. The molecule has 0 saturated carbocycles. The van der Waals surface area contributed by atoms with Crippen LogP contribution in [0.1, 0.15) is 37.3 Å². The van der Waals surface area contributed by atoms with Gasteiger partial charge in [0.15, 0.2) is 0 Å². The SMILES string of the molecule is CN(C[C@@H]1CCN(C)[C@H]1c1cccnc1)C(=O)[C@@H]1CC=CCC1. The minimum Gasteiger partial charge on any atom is -0.345 e. The molecule has 0 spiro atoms. The average Bonchev–Trinajstić information content (AvgIpc) is 2.96. The molecule has 4 nitrogen and oxygen atoms in total. The normalized spacial score (nSPS) is 28.0. The van der Waals surface area contributed by atoms with Crippen LogP contribution in [0.4, 0.5) is 0 Å². The van der Waals surface area contributed by atoms with Gasteiger partial charge in [-0.15, -0.1) is 0 Å². The van der Waals surface area contributed by atoms with Crippen molar-refractivity contribution in [3.05, 3.63) is 42.2 Å². The minimum absolute atomic E-state index is 0.181. The topological polar surface area (TPSA) is 36.4 Å². The van der Waals surface area contributed by atoms with Gasteiger partial charge in [-0.25, -0.2) is 0 Å². The Labute approximate surface area is 139 Å². The molecule has 0 aromatic carbocycles. The standard InChI is InChI=1S/C19H27N3O/c1-21-12-10-17(18(21)16-9-6-11-20-13-16)14-22(2)19(23)15-7-4-3-5-8-15/h3-4,6,9,11,13,15,17-18H,5,7-8,10,12,14H2,1-2H3/t15-,17+,18+/m1/s1. The molecule has 124 valence electrons. The van der Waals surface area contributed by atoms with Gasteiger partial charge in [0.25, 0.3) is 0 Å². The van der Waals surface area contributed by atoms with Crippen LogP contribution >= 0.6 is 0 Å². The third-order valence-electron chi connectivity index (χ3n) is 5.30. The van der Waals surface area contributed by atoms with Crippen LogP contribution < -0.4 is 0 Å². The van der Waals surface area contributed by atoms with Crippen molar-refractivity contribution in [1.29, 1.82) is 0 Å². The average molecular weight is 313 g/mol. The molecule has 1 aromatic heterocycles. The summed E-state index contributed by atoms with van der Waals surface area (Å²) in [5, 5.41) is 0. The molecule has 1 fully saturated rings. The first kappa shape index (κ1) is 16.2. The molecule has 0 bridgehead atoms. The Morgan fingerprint density at radius 2 is 2.26 bits per heavy atom. The molecular formula is C19H27N3O. The van der Waals surface area contributed by atoms with Crippen LogP contribution in [0.25, 0.3) is 0 Å². The quantitative estimate of drug-likeness (QED) is 0.802. The smallest absolute Gasteiger partial charge is 0.225 e. The van der Waals surface area contributed by atoms with E-state index in [-0.39, 0.29) is 5.92 Å². The lowest BCUT2D eigenvalue weighted by Crippen LogP contribution is -2.38. The van der Waals surface area contributed by atoms with E-state index in [4.69, 9.17) is 0 Å². The van der Waals surface area contributed by atoms with Gasteiger partial charge in [-0.1, -0.05) is 18.2 Å². The van der Waals surface area contributed by atoms with Crippen molar-refractivity contribution in [2.45, 2.75) is 31.7 Å². The number of nitrogens with zero attached hydrogens (tertiary/aromatic N) is 3. The Morgan fingerprint density at radius 1 is 1.39 bits per heavy atom. The maximum atomic E-state index is 12.7. The Kier molecular flexibility index (Phi) is 5.11. The number of carbonyl (C=O) groups excluding carboxylic acids is 1. The minimum atomic E-state index is 0.181. The molecule has 3 rings (SSSR count). The molecule has 0 unspecified atom stereocenters. The Morgan fingerprint density at radius 3 is 2.96 bits per heavy atom. The number of pyridine rings is 1. The first-order valence-corrected chi connectivity index (χ1v) is 8.67. The van der Waals surface area contributed by atoms with E-state index in [0.717, 1.165) is 38.8 Å². The van der Waals surface area contributed by atoms with Crippen molar-refractivity contribution in [2.75, 3.05) is 27.2 Å². The molecule has 1 aliphatic carbocycles. The van der Waals surface area contributed by atoms with Gasteiger partial charge in [0.05, 0.1) is 0 Å². The van der Waals surface area contributed by atoms with Crippen LogP contribution in [0.2, 0.25) is 0 Å². The van der Waals surface area contributed by atoms with Crippen molar-refractivity contribution < 1.29 is 4.79 Å². The molecule has 0 N–H and O–H groups in total. The van der Waals surface area contributed by atoms with Crippen LogP contribution in [-0.4, -0.2) is 47.9 Å². The number of likely N-dealkylation sites (tertiary alicyclic amines) is 1. The maximum Gasteiger partial charge on any atom is 0.225 e. The molecule has 0 radical (unpaired) electrons. The third-order valence-corrected chi connectivity index (χ3v) is 5.30. The second-order valence-corrected chi connectivity index (χ2v) is 6.96. The summed E-state index contributed by atoms with van der Waals surface area (Å²) in [5.41, 5.74) is 1.26. The molecule has 1 amide bonds. The zero-order valence-electron chi connectivity index (χ0n) is 14.2. The summed E-state index contributed by atoms with van der Waals surface area (Å²) in [6.07, 6.45) is 12.2. The maximum absolute atomic E-state index is 12.7. The van der Waals surface area contributed by atoms with E-state index < -0.39 is 0 Å². The predicted octanol–water partition coefficient (Wildman–Crippen LogP) is 2.89. The highest BCUT2D eigenvalue weighted by molar-refractivity contribution is 5.79. The summed E-state index contributed by atoms with van der Waals surface area (Å²) in [7, 11) is 4.14. The number of amides is 1. The first-order valence-electron chi connectivity index (χ1n) is 8.67. The van der Waals surface area contributed by atoms with Gasteiger partial charge < -0.3 is 4.90 Å². The van der Waals surface area contributed by atoms with Crippen LogP contribution in [0.5, 0.6) is 0 Å². The predicted molar refractivity (Wildman–Crippen MR) is 91.8 cm³/mol. The van der Waals surface area contributed by atoms with Gasteiger partial charge in [0.1, 0.15) is 0 Å². The zero-order valence-corrected chi connectivity index (χ0v) is 14.2. The number of hydrogen-bond donors (Lipinski definition) is 0. The van der Waals surface area contributed by atoms with E-state index in [1.807, 2.05) is 30.4 Å². The molecule has 2 aliphatic rings. The lowest BCUT2D eigenvalue weighted by Gasteiger charge is -2.30. The van der Waals surface area contributed by atoms with Gasteiger partial charge in [-0.3, -0.25) is 14.7 Å². The monoisotopic (exact) mass is 313 g/mol. The second kappa shape index (κ2) is 7.26. The Balaban J connectivity index is 1.66. The summed E-state index contributed by atoms with van der Waals surface area (Å²) < 4.78 is 0. The zero-order chi connectivity index (χ0) is 16.2. The van der Waals surface area contributed by atoms with Crippen molar-refractivity contribution in [2.24, 2.45) is 11.8 Å². The van der Waals surface area contributed by atoms with Crippen LogP contribution in [0.15, 0.2) is 36.7 Å². The Bertz CT molecular complexity index is 557. The fourth-order valence-corrected chi connectivity index (χ4v) is 4.07. The highest BCUT2D eigenvalue weighted by Crippen LogP contribution is 2.36. The van der Waals surface area contributed by atoms with Gasteiger partial charge in [-0.05, 0) is 56.8 Å². The molecular weight excluding hydrogens is 286 g/mol. The number of carbonyl (C=O) groups is 1. The second-order valence-electron chi connectivity index (χ2n) is 6.96. The van der Waals surface area contributed by atoms with Crippen molar-refractivity contribution in [3.63, 3.8) is 0 Å². The van der Waals surface area contributed by atoms with Crippen LogP contribution in [0, 0.1) is 11.8 Å². The van der Waals surface area contributed by atoms with Gasteiger partial charge in [0, 0.05) is 37.9 Å². The third kappa shape index (κ3) is 3.63. The molecule has 23 heavy (non-hydrogen) atoms. The van der Waals surface area contributed by atoms with E-state index in [1.165, 1.54) is 5.56 Å². The first-order chi connectivity index (χ1) is 11.2. The number of allylic oxidation sites excluding steroid dienone is 2. The van der Waals surface area contributed by atoms with Crippen molar-refractivity contribution >= 4 is 5.91 Å². The summed E-state index contributed by atoms with van der Waals surface area (Å²) in [6, 6.07) is 4.52. The number of rotatable bonds is 4. The van der Waals surface area contributed by atoms with Crippen LogP contribution in [0.3, 0.4) is 0 Å². The van der Waals surface area contributed by atoms with Crippen molar-refractivity contribution in [3.8, 4) is 0 Å². The molecule has 1 saturated heterocycles. The molecule has 4 heteroatoms. The van der Waals surface area contributed by atoms with Gasteiger partial charge in [0.2, 0.25) is 5.91 Å².